The largest absolute Gasteiger partial charge is 0.367 e. The van der Waals surface area contributed by atoms with Gasteiger partial charge in [0.1, 0.15) is 6.73 Å². The highest BCUT2D eigenvalue weighted by Gasteiger charge is 1.69. The zero-order chi connectivity index (χ0) is 4.83. The van der Waals surface area contributed by atoms with Crippen LogP contribution in [0.25, 0.3) is 0 Å². The molecule has 0 fully saturated rings. The lowest BCUT2D eigenvalue weighted by atomic mass is 11.3. The first-order valence-electron chi connectivity index (χ1n) is 1.66. The van der Waals surface area contributed by atoms with Crippen LogP contribution in [0.15, 0.2) is 0 Å². The van der Waals surface area contributed by atoms with Crippen LogP contribution in [0.3, 0.4) is 0 Å². The Labute approximate surface area is 37.2 Å². The molecule has 3 heteroatoms. The maximum Gasteiger partial charge on any atom is 0.119 e. The Hall–Kier alpha value is -0.120. The number of methoxy groups -OCH3 is 1. The number of hydrogen-bond acceptors (Lipinski definition) is 3. The van der Waals surface area contributed by atoms with Gasteiger partial charge in [-0.25, -0.2) is 0 Å². The van der Waals surface area contributed by atoms with E-state index in [0.29, 0.717) is 6.73 Å². The van der Waals surface area contributed by atoms with Crippen LogP contribution in [0.2, 0.25) is 0 Å². The highest BCUT2D eigenvalue weighted by atomic mass is 16.7. The third-order valence-corrected chi connectivity index (χ3v) is 0.348. The van der Waals surface area contributed by atoms with E-state index in [1.807, 2.05) is 0 Å². The summed E-state index contributed by atoms with van der Waals surface area (Å²) in [4.78, 5) is 4.41. The molecule has 0 aromatic heterocycles. The van der Waals surface area contributed by atoms with Crippen molar-refractivity contribution in [3.05, 3.63) is 0 Å². The summed E-state index contributed by atoms with van der Waals surface area (Å²) < 4.78 is 4.55. The van der Waals surface area contributed by atoms with E-state index in [0.717, 1.165) is 0 Å². The first kappa shape index (κ1) is 5.88. The first-order chi connectivity index (χ1) is 2.91. The Kier molecular flexibility index (Phi) is 4.78. The van der Waals surface area contributed by atoms with E-state index in [1.165, 1.54) is 0 Å². The van der Waals surface area contributed by atoms with Gasteiger partial charge < -0.3 is 9.57 Å². The lowest BCUT2D eigenvalue weighted by molar-refractivity contribution is 0.0119. The summed E-state index contributed by atoms with van der Waals surface area (Å²) in [5.74, 6) is 0. The summed E-state index contributed by atoms with van der Waals surface area (Å²) in [6.45, 7) is 0.441. The third-order valence-electron chi connectivity index (χ3n) is 0.348. The van der Waals surface area contributed by atoms with Crippen LogP contribution in [0.1, 0.15) is 0 Å². The summed E-state index contributed by atoms with van der Waals surface area (Å²) in [6, 6.07) is 0. The molecule has 38 valence electrons. The number of hydrogen-bond donors (Lipinski definition) is 1. The molecule has 0 aliphatic heterocycles. The van der Waals surface area contributed by atoms with Crippen LogP contribution in [0, 0.1) is 0 Å². The molecule has 0 bridgehead atoms. The van der Waals surface area contributed by atoms with Crippen molar-refractivity contribution in [2.24, 2.45) is 0 Å². The van der Waals surface area contributed by atoms with Crippen molar-refractivity contribution in [1.82, 2.24) is 5.48 Å². The summed E-state index contributed by atoms with van der Waals surface area (Å²) >= 11 is 0. The Morgan fingerprint density at radius 1 is 1.50 bits per heavy atom. The molecular weight excluding hydrogens is 82.0 g/mol. The van der Waals surface area contributed by atoms with E-state index in [4.69, 9.17) is 0 Å². The van der Waals surface area contributed by atoms with Crippen LogP contribution < -0.4 is 5.48 Å². The van der Waals surface area contributed by atoms with E-state index < -0.39 is 0 Å². The predicted molar refractivity (Wildman–Crippen MR) is 22.0 cm³/mol. The van der Waals surface area contributed by atoms with Gasteiger partial charge in [0.15, 0.2) is 0 Å². The molecule has 0 radical (unpaired) electrons. The van der Waals surface area contributed by atoms with Crippen molar-refractivity contribution in [3.8, 4) is 0 Å². The second-order valence-electron chi connectivity index (χ2n) is 0.781. The fraction of sp³-hybridized carbons (Fsp3) is 1.00. The smallest absolute Gasteiger partial charge is 0.119 e. The lowest BCUT2D eigenvalue weighted by Gasteiger charge is -1.94. The fourth-order valence-corrected chi connectivity index (χ4v) is 0.118. The van der Waals surface area contributed by atoms with Crippen molar-refractivity contribution in [2.75, 3.05) is 21.0 Å². The molecule has 0 saturated carbocycles. The van der Waals surface area contributed by atoms with Crippen molar-refractivity contribution in [3.63, 3.8) is 0 Å². The monoisotopic (exact) mass is 91.1 g/mol. The van der Waals surface area contributed by atoms with Gasteiger partial charge in [0, 0.05) is 7.11 Å². The molecule has 0 atom stereocenters. The van der Waals surface area contributed by atoms with Gasteiger partial charge in [-0.2, -0.15) is 5.48 Å². The number of nitrogens with one attached hydrogen (secondary N) is 1. The molecule has 1 N–H and O–H groups in total. The van der Waals surface area contributed by atoms with Crippen LogP contribution in [-0.4, -0.2) is 21.0 Å². The van der Waals surface area contributed by atoms with E-state index in [9.17, 15) is 0 Å². The quantitative estimate of drug-likeness (QED) is 0.295. The van der Waals surface area contributed by atoms with Gasteiger partial charge in [0.2, 0.25) is 0 Å². The zero-order valence-electron chi connectivity index (χ0n) is 4.02. The van der Waals surface area contributed by atoms with E-state index in [2.05, 4.69) is 15.1 Å². The van der Waals surface area contributed by atoms with E-state index >= 15 is 0 Å². The Bertz CT molecular complexity index is 20.8. The molecule has 0 aromatic rings. The lowest BCUT2D eigenvalue weighted by Crippen LogP contribution is -2.13. The summed E-state index contributed by atoms with van der Waals surface area (Å²) in [6.07, 6.45) is 0. The molecular formula is C3H9NO2. The van der Waals surface area contributed by atoms with E-state index in [-0.39, 0.29) is 0 Å². The van der Waals surface area contributed by atoms with E-state index in [1.54, 1.807) is 14.2 Å². The second kappa shape index (κ2) is 4.88. The van der Waals surface area contributed by atoms with Gasteiger partial charge in [-0.15, -0.1) is 0 Å². The number of ether oxygens (including phenoxy) is 1. The molecule has 3 nitrogen and oxygen atoms in total. The molecule has 0 heterocycles. The van der Waals surface area contributed by atoms with Crippen molar-refractivity contribution < 1.29 is 9.57 Å². The highest BCUT2D eigenvalue weighted by molar-refractivity contribution is 3.99. The Balaban J connectivity index is 2.34. The van der Waals surface area contributed by atoms with Crippen LogP contribution in [0.4, 0.5) is 0 Å². The molecule has 0 aliphatic rings. The van der Waals surface area contributed by atoms with Crippen molar-refractivity contribution in [2.45, 2.75) is 0 Å². The number of hydroxylamine groups is 1. The average molecular weight is 91.1 g/mol. The number of rotatable bonds is 3. The topological polar surface area (TPSA) is 30.5 Å². The normalized spacial score (nSPS) is 9.00. The summed E-state index contributed by atoms with van der Waals surface area (Å²) in [5, 5.41) is 0. The first-order valence-corrected chi connectivity index (χ1v) is 1.66. The minimum atomic E-state index is 0.441. The molecule has 0 saturated heterocycles. The predicted octanol–water partition coefficient (Wildman–Crippen LogP) is -0.259. The molecule has 0 spiro atoms. The average Bonchev–Trinajstić information content (AvgIpc) is 1.61. The molecule has 0 rings (SSSR count). The van der Waals surface area contributed by atoms with Crippen molar-refractivity contribution >= 4 is 0 Å². The SMILES string of the molecule is COCNOC. The Morgan fingerprint density at radius 2 is 2.17 bits per heavy atom. The molecule has 0 aliphatic carbocycles. The fourth-order valence-electron chi connectivity index (χ4n) is 0.118. The minimum Gasteiger partial charge on any atom is -0.367 e. The van der Waals surface area contributed by atoms with Gasteiger partial charge >= 0.3 is 0 Å². The van der Waals surface area contributed by atoms with Gasteiger partial charge in [0.25, 0.3) is 0 Å². The molecule has 6 heavy (non-hydrogen) atoms. The van der Waals surface area contributed by atoms with Gasteiger partial charge in [-0.3, -0.25) is 0 Å². The highest BCUT2D eigenvalue weighted by Crippen LogP contribution is 1.54. The molecule has 0 amide bonds. The maximum absolute atomic E-state index is 4.55. The summed E-state index contributed by atoms with van der Waals surface area (Å²) in [7, 11) is 3.13. The van der Waals surface area contributed by atoms with Gasteiger partial charge in [0.05, 0.1) is 7.11 Å². The maximum atomic E-state index is 4.55. The van der Waals surface area contributed by atoms with Crippen LogP contribution in [0.5, 0.6) is 0 Å². The Morgan fingerprint density at radius 3 is 2.33 bits per heavy atom. The summed E-state index contributed by atoms with van der Waals surface area (Å²) in [5.41, 5.74) is 2.48. The zero-order valence-corrected chi connectivity index (χ0v) is 4.02. The van der Waals surface area contributed by atoms with Crippen molar-refractivity contribution in [1.29, 1.82) is 0 Å². The van der Waals surface area contributed by atoms with Gasteiger partial charge in [-0.05, 0) is 0 Å². The minimum absolute atomic E-state index is 0.441. The van der Waals surface area contributed by atoms with Crippen LogP contribution in [-0.2, 0) is 9.57 Å². The molecule has 0 aromatic carbocycles. The standard InChI is InChI=1S/C3H9NO2/c1-5-3-4-6-2/h4H,3H2,1-2H3. The van der Waals surface area contributed by atoms with Gasteiger partial charge in [-0.1, -0.05) is 0 Å². The molecule has 0 unspecified atom stereocenters. The van der Waals surface area contributed by atoms with Crippen LogP contribution >= 0.6 is 0 Å². The third kappa shape index (κ3) is 3.88. The second-order valence-corrected chi connectivity index (χ2v) is 0.781.